The monoisotopic (exact) mass is 306 g/mol. The molecule has 0 fully saturated rings. The number of aryl methyl sites for hydroxylation is 1. The maximum absolute atomic E-state index is 11.8. The Hall–Kier alpha value is -2.06. The van der Waals surface area contributed by atoms with Crippen LogP contribution in [0.15, 0.2) is 27.4 Å². The van der Waals surface area contributed by atoms with Gasteiger partial charge in [-0.05, 0) is 18.4 Å². The zero-order valence-corrected chi connectivity index (χ0v) is 12.1. The third-order valence-electron chi connectivity index (χ3n) is 2.55. The first kappa shape index (κ1) is 12.9. The fourth-order valence-corrected chi connectivity index (χ4v) is 2.94. The van der Waals surface area contributed by atoms with Gasteiger partial charge in [0.2, 0.25) is 5.89 Å². The molecule has 1 amide bonds. The van der Waals surface area contributed by atoms with E-state index in [4.69, 9.17) is 4.42 Å². The number of hydrogen-bond acceptors (Lipinski definition) is 7. The van der Waals surface area contributed by atoms with Gasteiger partial charge in [0.25, 0.3) is 11.8 Å². The Kier molecular flexibility index (Phi) is 3.57. The lowest BCUT2D eigenvalue weighted by molar-refractivity contribution is 0.0951. The molecule has 0 atom stereocenters. The number of amides is 1. The summed E-state index contributed by atoms with van der Waals surface area (Å²) in [6, 6.07) is 3.59. The second-order valence-corrected chi connectivity index (χ2v) is 5.73. The summed E-state index contributed by atoms with van der Waals surface area (Å²) in [6.07, 6.45) is 0. The second kappa shape index (κ2) is 5.51. The lowest BCUT2D eigenvalue weighted by atomic mass is 10.4. The fraction of sp³-hybridized carbons (Fsp3) is 0.167. The number of carbonyl (C=O) groups excluding carboxylic acids is 1. The van der Waals surface area contributed by atoms with Crippen LogP contribution in [-0.4, -0.2) is 21.1 Å². The molecule has 0 unspecified atom stereocenters. The Morgan fingerprint density at radius 2 is 2.30 bits per heavy atom. The van der Waals surface area contributed by atoms with Gasteiger partial charge in [-0.15, -0.1) is 32.9 Å². The maximum Gasteiger partial charge on any atom is 0.261 e. The Labute approximate surface area is 122 Å². The van der Waals surface area contributed by atoms with Gasteiger partial charge in [-0.3, -0.25) is 4.79 Å². The molecule has 0 radical (unpaired) electrons. The van der Waals surface area contributed by atoms with E-state index in [9.17, 15) is 4.79 Å². The zero-order chi connectivity index (χ0) is 13.9. The van der Waals surface area contributed by atoms with E-state index in [-0.39, 0.29) is 12.5 Å². The van der Waals surface area contributed by atoms with Crippen molar-refractivity contribution in [3.05, 3.63) is 39.5 Å². The van der Waals surface area contributed by atoms with Gasteiger partial charge in [0, 0.05) is 0 Å². The summed E-state index contributed by atoms with van der Waals surface area (Å²) in [6.45, 7) is 2.09. The molecule has 0 aromatic carbocycles. The molecule has 0 spiro atoms. The van der Waals surface area contributed by atoms with Gasteiger partial charge in [-0.25, -0.2) is 4.98 Å². The van der Waals surface area contributed by atoms with Gasteiger partial charge in [-0.2, -0.15) is 0 Å². The van der Waals surface area contributed by atoms with E-state index < -0.39 is 0 Å². The number of aromatic nitrogens is 3. The van der Waals surface area contributed by atoms with Crippen LogP contribution in [0.2, 0.25) is 0 Å². The van der Waals surface area contributed by atoms with Crippen molar-refractivity contribution in [3.8, 4) is 10.8 Å². The summed E-state index contributed by atoms with van der Waals surface area (Å²) in [7, 11) is 0. The number of nitrogens with zero attached hydrogens (tertiary/aromatic N) is 3. The highest BCUT2D eigenvalue weighted by molar-refractivity contribution is 7.13. The number of thiazole rings is 1. The Bertz CT molecular complexity index is 717. The van der Waals surface area contributed by atoms with Crippen molar-refractivity contribution < 1.29 is 9.21 Å². The van der Waals surface area contributed by atoms with Gasteiger partial charge in [0.05, 0.1) is 22.6 Å². The molecule has 8 heteroatoms. The smallest absolute Gasteiger partial charge is 0.261 e. The highest BCUT2D eigenvalue weighted by Gasteiger charge is 2.14. The van der Waals surface area contributed by atoms with E-state index in [0.29, 0.717) is 16.7 Å². The number of carbonyl (C=O) groups is 1. The molecule has 102 valence electrons. The van der Waals surface area contributed by atoms with Gasteiger partial charge >= 0.3 is 0 Å². The van der Waals surface area contributed by atoms with Gasteiger partial charge in [-0.1, -0.05) is 6.07 Å². The molecule has 20 heavy (non-hydrogen) atoms. The molecule has 3 rings (SSSR count). The van der Waals surface area contributed by atoms with Crippen LogP contribution in [-0.2, 0) is 6.54 Å². The van der Waals surface area contributed by atoms with E-state index in [2.05, 4.69) is 20.5 Å². The van der Waals surface area contributed by atoms with Crippen molar-refractivity contribution in [3.63, 3.8) is 0 Å². The molecule has 0 aliphatic heterocycles. The Balaban J connectivity index is 1.66. The van der Waals surface area contributed by atoms with Crippen LogP contribution in [0.5, 0.6) is 0 Å². The van der Waals surface area contributed by atoms with E-state index >= 15 is 0 Å². The Morgan fingerprint density at radius 1 is 1.40 bits per heavy atom. The molecule has 0 saturated heterocycles. The zero-order valence-electron chi connectivity index (χ0n) is 10.5. The van der Waals surface area contributed by atoms with Crippen LogP contribution < -0.4 is 5.32 Å². The van der Waals surface area contributed by atoms with Crippen LogP contribution in [0, 0.1) is 6.92 Å². The summed E-state index contributed by atoms with van der Waals surface area (Å²) in [5.74, 6) is 0.664. The van der Waals surface area contributed by atoms with Crippen molar-refractivity contribution >= 4 is 28.6 Å². The summed E-state index contributed by atoms with van der Waals surface area (Å²) < 4.78 is 5.51. The van der Waals surface area contributed by atoms with Crippen molar-refractivity contribution in [2.75, 3.05) is 0 Å². The first-order valence-electron chi connectivity index (χ1n) is 5.78. The van der Waals surface area contributed by atoms with E-state index in [1.807, 2.05) is 18.4 Å². The van der Waals surface area contributed by atoms with Crippen molar-refractivity contribution in [2.45, 2.75) is 13.5 Å². The van der Waals surface area contributed by atoms with Crippen molar-refractivity contribution in [2.24, 2.45) is 0 Å². The normalized spacial score (nSPS) is 10.7. The van der Waals surface area contributed by atoms with Crippen molar-refractivity contribution in [1.29, 1.82) is 0 Å². The SMILES string of the molecule is Cc1ncsc1-c1nnc(CNC(=O)c2cccs2)o1. The highest BCUT2D eigenvalue weighted by atomic mass is 32.1. The minimum atomic E-state index is -0.145. The molecule has 0 aliphatic carbocycles. The minimum absolute atomic E-state index is 0.145. The van der Waals surface area contributed by atoms with E-state index in [1.54, 1.807) is 11.6 Å². The highest BCUT2D eigenvalue weighted by Crippen LogP contribution is 2.25. The topological polar surface area (TPSA) is 80.9 Å². The van der Waals surface area contributed by atoms with Crippen molar-refractivity contribution in [1.82, 2.24) is 20.5 Å². The van der Waals surface area contributed by atoms with Gasteiger partial charge < -0.3 is 9.73 Å². The standard InChI is InChI=1S/C12H10N4O2S2/c1-7-10(20-6-14-7)12-16-15-9(18-12)5-13-11(17)8-3-2-4-19-8/h2-4,6H,5H2,1H3,(H,13,17). The molecular weight excluding hydrogens is 296 g/mol. The predicted molar refractivity (Wildman–Crippen MR) is 75.6 cm³/mol. The molecule has 0 saturated carbocycles. The average Bonchev–Trinajstić information content (AvgIpc) is 3.17. The van der Waals surface area contributed by atoms with Crippen LogP contribution >= 0.6 is 22.7 Å². The number of rotatable bonds is 4. The number of nitrogens with one attached hydrogen (secondary N) is 1. The average molecular weight is 306 g/mol. The van der Waals surface area contributed by atoms with Crippen LogP contribution in [0.4, 0.5) is 0 Å². The van der Waals surface area contributed by atoms with Gasteiger partial charge in [0.1, 0.15) is 4.88 Å². The first-order valence-corrected chi connectivity index (χ1v) is 7.54. The first-order chi connectivity index (χ1) is 9.74. The molecule has 6 nitrogen and oxygen atoms in total. The molecule has 3 heterocycles. The summed E-state index contributed by atoms with van der Waals surface area (Å²) in [5.41, 5.74) is 2.58. The summed E-state index contributed by atoms with van der Waals surface area (Å²) in [4.78, 5) is 17.4. The largest absolute Gasteiger partial charge is 0.418 e. The van der Waals surface area contributed by atoms with Crippen LogP contribution in [0.25, 0.3) is 10.8 Å². The minimum Gasteiger partial charge on any atom is -0.418 e. The maximum atomic E-state index is 11.8. The third-order valence-corrected chi connectivity index (χ3v) is 4.34. The molecule has 0 bridgehead atoms. The summed E-state index contributed by atoms with van der Waals surface area (Å²) in [5, 5.41) is 12.5. The third kappa shape index (κ3) is 2.61. The van der Waals surface area contributed by atoms with E-state index in [1.165, 1.54) is 22.7 Å². The number of hydrogen-bond donors (Lipinski definition) is 1. The van der Waals surface area contributed by atoms with Crippen LogP contribution in [0.3, 0.4) is 0 Å². The lowest BCUT2D eigenvalue weighted by Crippen LogP contribution is -2.21. The molecule has 3 aromatic rings. The van der Waals surface area contributed by atoms with Gasteiger partial charge in [0.15, 0.2) is 0 Å². The van der Waals surface area contributed by atoms with Crippen LogP contribution in [0.1, 0.15) is 21.3 Å². The Morgan fingerprint density at radius 3 is 3.00 bits per heavy atom. The molecule has 0 aliphatic rings. The second-order valence-electron chi connectivity index (χ2n) is 3.93. The quantitative estimate of drug-likeness (QED) is 0.801. The lowest BCUT2D eigenvalue weighted by Gasteiger charge is -1.98. The molecule has 3 aromatic heterocycles. The molecule has 1 N–H and O–H groups in total. The fourth-order valence-electron chi connectivity index (χ4n) is 1.57. The molecular formula is C12H10N4O2S2. The summed E-state index contributed by atoms with van der Waals surface area (Å²) >= 11 is 2.83. The number of thiophene rings is 1. The van der Waals surface area contributed by atoms with E-state index in [0.717, 1.165) is 10.6 Å². The predicted octanol–water partition coefficient (Wildman–Crippen LogP) is 2.49.